The fourth-order valence-corrected chi connectivity index (χ4v) is 5.99. The SMILES string of the molecule is Cc1nc(C)c2c(N)c(C(=O)NC3CCc4nc(N5CC(N)C(CF)C5)ccc4C3)sc2n1. The van der Waals surface area contributed by atoms with Gasteiger partial charge in [-0.05, 0) is 44.7 Å². The van der Waals surface area contributed by atoms with Gasteiger partial charge in [-0.3, -0.25) is 9.18 Å². The predicted octanol–water partition coefficient (Wildman–Crippen LogP) is 2.31. The smallest absolute Gasteiger partial charge is 0.263 e. The summed E-state index contributed by atoms with van der Waals surface area (Å²) in [5.74, 6) is 1.21. The number of pyridine rings is 1. The predicted molar refractivity (Wildman–Crippen MR) is 128 cm³/mol. The summed E-state index contributed by atoms with van der Waals surface area (Å²) in [7, 11) is 0. The van der Waals surface area contributed by atoms with Crippen molar-refractivity contribution < 1.29 is 9.18 Å². The maximum atomic E-state index is 13.1. The number of halogens is 1. The molecule has 2 aliphatic rings. The number of rotatable bonds is 4. The Balaban J connectivity index is 1.29. The molecule has 3 unspecified atom stereocenters. The number of carbonyl (C=O) groups excluding carboxylic acids is 1. The normalized spacial score (nSPS) is 22.5. The fourth-order valence-electron chi connectivity index (χ4n) is 4.90. The lowest BCUT2D eigenvalue weighted by atomic mass is 9.91. The van der Waals surface area contributed by atoms with Gasteiger partial charge in [0.1, 0.15) is 21.3 Å². The van der Waals surface area contributed by atoms with Crippen molar-refractivity contribution in [1.29, 1.82) is 0 Å². The summed E-state index contributed by atoms with van der Waals surface area (Å²) in [4.78, 5) is 30.0. The Bertz CT molecular complexity index is 1230. The molecule has 4 heterocycles. The number of amides is 1. The van der Waals surface area contributed by atoms with E-state index in [0.717, 1.165) is 45.8 Å². The molecule has 1 aliphatic heterocycles. The number of nitrogen functional groups attached to an aromatic ring is 1. The summed E-state index contributed by atoms with van der Waals surface area (Å²) in [6.45, 7) is 4.54. The van der Waals surface area contributed by atoms with Crippen LogP contribution in [-0.2, 0) is 12.8 Å². The van der Waals surface area contributed by atoms with Gasteiger partial charge in [0.2, 0.25) is 0 Å². The lowest BCUT2D eigenvalue weighted by Gasteiger charge is -2.26. The van der Waals surface area contributed by atoms with E-state index < -0.39 is 6.67 Å². The van der Waals surface area contributed by atoms with Crippen molar-refractivity contribution in [2.75, 3.05) is 30.4 Å². The number of alkyl halides is 1. The summed E-state index contributed by atoms with van der Waals surface area (Å²) in [5.41, 5.74) is 15.8. The van der Waals surface area contributed by atoms with Crippen LogP contribution in [0.25, 0.3) is 10.2 Å². The van der Waals surface area contributed by atoms with Gasteiger partial charge in [-0.25, -0.2) is 15.0 Å². The summed E-state index contributed by atoms with van der Waals surface area (Å²) in [6, 6.07) is 3.89. The first-order valence-corrected chi connectivity index (χ1v) is 12.0. The number of fused-ring (bicyclic) bond motifs is 2. The van der Waals surface area contributed by atoms with Gasteiger partial charge in [0.25, 0.3) is 5.91 Å². The lowest BCUT2D eigenvalue weighted by molar-refractivity contribution is 0.0938. The molecular formula is C23H28FN7OS. The van der Waals surface area contributed by atoms with E-state index in [2.05, 4.69) is 26.3 Å². The molecule has 0 bridgehead atoms. The Morgan fingerprint density at radius 3 is 2.85 bits per heavy atom. The highest BCUT2D eigenvalue weighted by molar-refractivity contribution is 7.21. The van der Waals surface area contributed by atoms with Crippen molar-refractivity contribution in [2.24, 2.45) is 11.7 Å². The van der Waals surface area contributed by atoms with Crippen LogP contribution >= 0.6 is 11.3 Å². The standard InChI is InChI=1S/C23H28FN7OS/c1-11-19-20(26)21(33-23(19)28-12(2)27-11)22(32)29-15-4-5-17-13(7-15)3-6-18(30-17)31-9-14(8-24)16(25)10-31/h3,6,14-16H,4-5,7-10,25-26H2,1-2H3,(H,29,32). The molecule has 1 fully saturated rings. The van der Waals surface area contributed by atoms with Crippen LogP contribution in [0.3, 0.4) is 0 Å². The maximum Gasteiger partial charge on any atom is 0.263 e. The first-order valence-electron chi connectivity index (χ1n) is 11.2. The number of carbonyl (C=O) groups is 1. The highest BCUT2D eigenvalue weighted by Gasteiger charge is 2.32. The second-order valence-electron chi connectivity index (χ2n) is 9.05. The molecule has 1 saturated heterocycles. The van der Waals surface area contributed by atoms with Crippen LogP contribution in [0.4, 0.5) is 15.9 Å². The molecule has 1 amide bonds. The third-order valence-electron chi connectivity index (χ3n) is 6.69. The van der Waals surface area contributed by atoms with E-state index in [0.29, 0.717) is 35.9 Å². The second-order valence-corrected chi connectivity index (χ2v) is 10.1. The average molecular weight is 470 g/mol. The van der Waals surface area contributed by atoms with Crippen LogP contribution in [0.1, 0.15) is 38.9 Å². The number of aryl methyl sites for hydroxylation is 3. The third kappa shape index (κ3) is 4.02. The van der Waals surface area contributed by atoms with Crippen LogP contribution in [0.5, 0.6) is 0 Å². The Kier molecular flexibility index (Phi) is 5.65. The zero-order valence-corrected chi connectivity index (χ0v) is 19.6. The minimum Gasteiger partial charge on any atom is -0.397 e. The molecule has 3 atom stereocenters. The molecule has 1 aliphatic carbocycles. The van der Waals surface area contributed by atoms with Crippen molar-refractivity contribution in [1.82, 2.24) is 20.3 Å². The molecule has 0 radical (unpaired) electrons. The number of nitrogens with one attached hydrogen (secondary N) is 1. The summed E-state index contributed by atoms with van der Waals surface area (Å²) < 4.78 is 13.1. The lowest BCUT2D eigenvalue weighted by Crippen LogP contribution is -2.39. The molecule has 0 aromatic carbocycles. The molecule has 3 aromatic rings. The number of anilines is 2. The molecule has 5 N–H and O–H groups in total. The van der Waals surface area contributed by atoms with E-state index in [1.54, 1.807) is 0 Å². The minimum atomic E-state index is -0.403. The van der Waals surface area contributed by atoms with Crippen LogP contribution < -0.4 is 21.7 Å². The number of aromatic nitrogens is 3. The van der Waals surface area contributed by atoms with Crippen LogP contribution in [0.15, 0.2) is 12.1 Å². The van der Waals surface area contributed by atoms with E-state index in [9.17, 15) is 9.18 Å². The second kappa shape index (κ2) is 8.49. The Morgan fingerprint density at radius 2 is 2.09 bits per heavy atom. The number of nitrogens with zero attached hydrogens (tertiary/aromatic N) is 4. The Labute approximate surface area is 195 Å². The number of thiophene rings is 1. The van der Waals surface area contributed by atoms with E-state index in [1.807, 2.05) is 19.9 Å². The largest absolute Gasteiger partial charge is 0.397 e. The van der Waals surface area contributed by atoms with Crippen LogP contribution in [0, 0.1) is 19.8 Å². The van der Waals surface area contributed by atoms with Crippen molar-refractivity contribution in [2.45, 2.75) is 45.2 Å². The van der Waals surface area contributed by atoms with E-state index in [1.165, 1.54) is 11.3 Å². The summed E-state index contributed by atoms with van der Waals surface area (Å²) in [5, 5.41) is 3.91. The fraction of sp³-hybridized carbons (Fsp3) is 0.478. The molecular weight excluding hydrogens is 441 g/mol. The highest BCUT2D eigenvalue weighted by atomic mass is 32.1. The van der Waals surface area contributed by atoms with Gasteiger partial charge in [0, 0.05) is 36.8 Å². The van der Waals surface area contributed by atoms with Crippen molar-refractivity contribution >= 4 is 39.0 Å². The van der Waals surface area contributed by atoms with E-state index >= 15 is 0 Å². The van der Waals surface area contributed by atoms with Gasteiger partial charge in [-0.15, -0.1) is 11.3 Å². The first-order chi connectivity index (χ1) is 15.8. The molecule has 5 rings (SSSR count). The van der Waals surface area contributed by atoms with Crippen molar-refractivity contribution in [3.63, 3.8) is 0 Å². The molecule has 174 valence electrons. The van der Waals surface area contributed by atoms with Crippen molar-refractivity contribution in [3.8, 4) is 0 Å². The molecule has 10 heteroatoms. The van der Waals surface area contributed by atoms with E-state index in [-0.39, 0.29) is 23.9 Å². The molecule has 3 aromatic heterocycles. The quantitative estimate of drug-likeness (QED) is 0.536. The number of hydrogen-bond donors (Lipinski definition) is 3. The number of hydrogen-bond acceptors (Lipinski definition) is 8. The number of nitrogens with two attached hydrogens (primary N) is 2. The van der Waals surface area contributed by atoms with Crippen LogP contribution in [0.2, 0.25) is 0 Å². The van der Waals surface area contributed by atoms with Gasteiger partial charge >= 0.3 is 0 Å². The average Bonchev–Trinajstić information content (AvgIpc) is 3.32. The topological polar surface area (TPSA) is 123 Å². The van der Waals surface area contributed by atoms with Gasteiger partial charge in [-0.1, -0.05) is 6.07 Å². The zero-order valence-electron chi connectivity index (χ0n) is 18.8. The molecule has 0 saturated carbocycles. The van der Waals surface area contributed by atoms with Gasteiger partial charge in [0.05, 0.1) is 23.4 Å². The molecule has 33 heavy (non-hydrogen) atoms. The summed E-state index contributed by atoms with van der Waals surface area (Å²) in [6.07, 6.45) is 2.28. The van der Waals surface area contributed by atoms with Gasteiger partial charge in [0.15, 0.2) is 0 Å². The molecule has 8 nitrogen and oxygen atoms in total. The van der Waals surface area contributed by atoms with Gasteiger partial charge in [-0.2, -0.15) is 0 Å². The van der Waals surface area contributed by atoms with Gasteiger partial charge < -0.3 is 21.7 Å². The van der Waals surface area contributed by atoms with Crippen LogP contribution in [-0.4, -0.2) is 52.7 Å². The van der Waals surface area contributed by atoms with Crippen molar-refractivity contribution in [3.05, 3.63) is 39.8 Å². The Morgan fingerprint density at radius 1 is 1.27 bits per heavy atom. The Hall–Kier alpha value is -2.85. The zero-order chi connectivity index (χ0) is 23.3. The molecule has 0 spiro atoms. The van der Waals surface area contributed by atoms with E-state index in [4.69, 9.17) is 16.5 Å². The highest BCUT2D eigenvalue weighted by Crippen LogP contribution is 2.34. The first kappa shape index (κ1) is 22.0. The minimum absolute atomic E-state index is 0.00677. The maximum absolute atomic E-state index is 13.1. The monoisotopic (exact) mass is 469 g/mol. The third-order valence-corrected chi connectivity index (χ3v) is 7.78. The summed E-state index contributed by atoms with van der Waals surface area (Å²) >= 11 is 1.31.